The molecule has 31 heavy (non-hydrogen) atoms. The molecule has 160 valence electrons. The number of hydrogen-bond acceptors (Lipinski definition) is 5. The zero-order valence-corrected chi connectivity index (χ0v) is 17.9. The van der Waals surface area contributed by atoms with E-state index >= 15 is 4.39 Å². The van der Waals surface area contributed by atoms with Gasteiger partial charge in [0, 0.05) is 22.7 Å². The van der Waals surface area contributed by atoms with Gasteiger partial charge in [0.25, 0.3) is 0 Å². The van der Waals surface area contributed by atoms with Gasteiger partial charge >= 0.3 is 0 Å². The number of thioether (sulfide) groups is 1. The molecule has 1 aliphatic carbocycles. The Balaban J connectivity index is 1.61. The van der Waals surface area contributed by atoms with E-state index < -0.39 is 12.1 Å². The van der Waals surface area contributed by atoms with Crippen molar-refractivity contribution in [2.24, 2.45) is 5.92 Å². The fourth-order valence-electron chi connectivity index (χ4n) is 3.88. The summed E-state index contributed by atoms with van der Waals surface area (Å²) < 4.78 is 30.3. The Labute approximate surface area is 180 Å². The van der Waals surface area contributed by atoms with Gasteiger partial charge in [-0.05, 0) is 18.6 Å². The third-order valence-electron chi connectivity index (χ3n) is 5.52. The van der Waals surface area contributed by atoms with Crippen molar-refractivity contribution in [2.75, 3.05) is 11.6 Å². The van der Waals surface area contributed by atoms with Gasteiger partial charge in [-0.15, -0.1) is 11.8 Å². The molecule has 2 N–H and O–H groups in total. The number of benzene rings is 1. The van der Waals surface area contributed by atoms with E-state index in [0.29, 0.717) is 38.7 Å². The van der Waals surface area contributed by atoms with Crippen LogP contribution in [0.5, 0.6) is 0 Å². The van der Waals surface area contributed by atoms with Crippen LogP contribution in [0.1, 0.15) is 31.7 Å². The number of halogens is 2. The lowest BCUT2D eigenvalue weighted by Crippen LogP contribution is -2.15. The van der Waals surface area contributed by atoms with Crippen LogP contribution >= 0.6 is 11.8 Å². The zero-order chi connectivity index (χ0) is 21.9. The number of nitrogens with zero attached hydrogens (tertiary/aromatic N) is 4. The summed E-state index contributed by atoms with van der Waals surface area (Å²) in [5.74, 6) is -0.948. The Bertz CT molecular complexity index is 1330. The van der Waals surface area contributed by atoms with E-state index in [1.807, 2.05) is 20.1 Å². The standard InChI is InChI=1S/C21H20F2N6OS/c1-9(2)16-18(23)20(31-3)17(11-5-25-28-19(11)16)13-7-29-8-14(26-15(29)6-24-13)27-21(30)10-4-12(10)22/h5-10,12H,4H2,1-3H3,(H,25,28)(H,27,30). The predicted octanol–water partition coefficient (Wildman–Crippen LogP) is 4.55. The Kier molecular flexibility index (Phi) is 4.69. The second-order valence-electron chi connectivity index (χ2n) is 7.96. The molecule has 0 radical (unpaired) electrons. The molecule has 0 saturated heterocycles. The molecule has 4 aromatic rings. The quantitative estimate of drug-likeness (QED) is 0.443. The number of amides is 1. The monoisotopic (exact) mass is 442 g/mol. The molecule has 3 heterocycles. The average molecular weight is 442 g/mol. The summed E-state index contributed by atoms with van der Waals surface area (Å²) in [6, 6.07) is 0. The van der Waals surface area contributed by atoms with E-state index in [9.17, 15) is 9.18 Å². The van der Waals surface area contributed by atoms with Gasteiger partial charge in [-0.2, -0.15) is 5.10 Å². The predicted molar refractivity (Wildman–Crippen MR) is 116 cm³/mol. The first kappa shape index (κ1) is 19.9. The summed E-state index contributed by atoms with van der Waals surface area (Å²) >= 11 is 1.32. The number of fused-ring (bicyclic) bond motifs is 2. The minimum absolute atomic E-state index is 0.0199. The maximum atomic E-state index is 15.5. The van der Waals surface area contributed by atoms with Crippen LogP contribution in [0.2, 0.25) is 0 Å². The number of anilines is 1. The number of carbonyl (C=O) groups excluding carboxylic acids is 1. The highest BCUT2D eigenvalue weighted by Gasteiger charge is 2.43. The minimum Gasteiger partial charge on any atom is -0.309 e. The van der Waals surface area contributed by atoms with Crippen molar-refractivity contribution >= 4 is 40.0 Å². The van der Waals surface area contributed by atoms with Gasteiger partial charge in [0.1, 0.15) is 12.0 Å². The molecule has 10 heteroatoms. The first-order valence-corrected chi connectivity index (χ1v) is 11.1. The smallest absolute Gasteiger partial charge is 0.231 e. The number of rotatable bonds is 5. The lowest BCUT2D eigenvalue weighted by molar-refractivity contribution is -0.117. The lowest BCUT2D eigenvalue weighted by Gasteiger charge is -2.16. The molecule has 1 aromatic carbocycles. The minimum atomic E-state index is -1.07. The molecule has 1 aliphatic rings. The molecular weight excluding hydrogens is 422 g/mol. The Hall–Kier alpha value is -3.01. The molecule has 1 fully saturated rings. The van der Waals surface area contributed by atoms with Gasteiger partial charge < -0.3 is 9.72 Å². The third kappa shape index (κ3) is 3.25. The van der Waals surface area contributed by atoms with Gasteiger partial charge in [-0.25, -0.2) is 13.8 Å². The van der Waals surface area contributed by atoms with Gasteiger partial charge in [0.05, 0.1) is 40.6 Å². The summed E-state index contributed by atoms with van der Waals surface area (Å²) in [5.41, 5.74) is 2.97. The van der Waals surface area contributed by atoms with E-state index in [-0.39, 0.29) is 24.1 Å². The highest BCUT2D eigenvalue weighted by atomic mass is 32.2. The molecule has 0 spiro atoms. The van der Waals surface area contributed by atoms with Crippen LogP contribution in [-0.2, 0) is 4.79 Å². The SMILES string of the molecule is CSc1c(F)c(C(C)C)c2[nH]ncc2c1-c1cn2cc(NC(=O)C3CC3F)nc2cn1. The second-order valence-corrected chi connectivity index (χ2v) is 8.78. The maximum absolute atomic E-state index is 15.5. The summed E-state index contributed by atoms with van der Waals surface area (Å²) in [7, 11) is 0. The van der Waals surface area contributed by atoms with Crippen LogP contribution in [0.15, 0.2) is 29.7 Å². The molecule has 0 aliphatic heterocycles. The summed E-state index contributed by atoms with van der Waals surface area (Å²) in [4.78, 5) is 21.3. The van der Waals surface area contributed by atoms with Crippen molar-refractivity contribution in [1.82, 2.24) is 24.6 Å². The van der Waals surface area contributed by atoms with Crippen LogP contribution in [0.25, 0.3) is 27.8 Å². The molecule has 2 unspecified atom stereocenters. The van der Waals surface area contributed by atoms with Crippen molar-refractivity contribution < 1.29 is 13.6 Å². The van der Waals surface area contributed by atoms with Gasteiger partial charge in [0.15, 0.2) is 11.5 Å². The first-order valence-electron chi connectivity index (χ1n) is 9.91. The highest BCUT2D eigenvalue weighted by molar-refractivity contribution is 7.98. The normalized spacial score (nSPS) is 18.3. The Morgan fingerprint density at radius 2 is 2.13 bits per heavy atom. The number of nitrogens with one attached hydrogen (secondary N) is 2. The molecule has 1 amide bonds. The van der Waals surface area contributed by atoms with E-state index in [1.54, 1.807) is 29.2 Å². The summed E-state index contributed by atoms with van der Waals surface area (Å²) in [5, 5.41) is 10.5. The number of alkyl halides is 1. The molecule has 1 saturated carbocycles. The van der Waals surface area contributed by atoms with E-state index in [2.05, 4.69) is 25.5 Å². The number of imidazole rings is 1. The van der Waals surface area contributed by atoms with Gasteiger partial charge in [-0.3, -0.25) is 14.9 Å². The number of hydrogen-bond donors (Lipinski definition) is 2. The summed E-state index contributed by atoms with van der Waals surface area (Å²) in [6.07, 6.45) is 7.63. The third-order valence-corrected chi connectivity index (χ3v) is 6.31. The molecular formula is C21H20F2N6OS. The fraction of sp³-hybridized carbons (Fsp3) is 0.333. The average Bonchev–Trinajstić information content (AvgIpc) is 3.11. The van der Waals surface area contributed by atoms with E-state index in [1.165, 1.54) is 11.8 Å². The first-order chi connectivity index (χ1) is 14.9. The number of carbonyl (C=O) groups is 1. The highest BCUT2D eigenvalue weighted by Crippen LogP contribution is 2.42. The zero-order valence-electron chi connectivity index (χ0n) is 17.1. The van der Waals surface area contributed by atoms with Crippen molar-refractivity contribution in [1.29, 1.82) is 0 Å². The summed E-state index contributed by atoms with van der Waals surface area (Å²) in [6.45, 7) is 3.89. The maximum Gasteiger partial charge on any atom is 0.231 e. The lowest BCUT2D eigenvalue weighted by atomic mass is 9.96. The molecule has 3 aromatic heterocycles. The van der Waals surface area contributed by atoms with Crippen LogP contribution in [0.4, 0.5) is 14.6 Å². The van der Waals surface area contributed by atoms with E-state index in [0.717, 1.165) is 5.39 Å². The topological polar surface area (TPSA) is 88.0 Å². The van der Waals surface area contributed by atoms with Crippen LogP contribution < -0.4 is 5.32 Å². The van der Waals surface area contributed by atoms with E-state index in [4.69, 9.17) is 0 Å². The van der Waals surface area contributed by atoms with Crippen LogP contribution in [0.3, 0.4) is 0 Å². The molecule has 0 bridgehead atoms. The van der Waals surface area contributed by atoms with Crippen molar-refractivity contribution in [2.45, 2.75) is 37.3 Å². The fourth-order valence-corrected chi connectivity index (χ4v) is 4.58. The van der Waals surface area contributed by atoms with Crippen molar-refractivity contribution in [3.63, 3.8) is 0 Å². The largest absolute Gasteiger partial charge is 0.309 e. The number of H-pyrrole nitrogens is 1. The Morgan fingerprint density at radius 1 is 1.35 bits per heavy atom. The van der Waals surface area contributed by atoms with Crippen LogP contribution in [0, 0.1) is 11.7 Å². The van der Waals surface area contributed by atoms with Crippen molar-refractivity contribution in [3.8, 4) is 11.3 Å². The molecule has 7 nitrogen and oxygen atoms in total. The molecule has 5 rings (SSSR count). The Morgan fingerprint density at radius 3 is 2.81 bits per heavy atom. The number of aromatic amines is 1. The van der Waals surface area contributed by atoms with Gasteiger partial charge in [-0.1, -0.05) is 13.8 Å². The van der Waals surface area contributed by atoms with Crippen LogP contribution in [-0.4, -0.2) is 42.9 Å². The van der Waals surface area contributed by atoms with Gasteiger partial charge in [0.2, 0.25) is 5.91 Å². The number of aromatic nitrogens is 5. The molecule has 2 atom stereocenters. The second kappa shape index (κ2) is 7.30. The van der Waals surface area contributed by atoms with Crippen molar-refractivity contribution in [3.05, 3.63) is 36.2 Å².